The lowest BCUT2D eigenvalue weighted by molar-refractivity contribution is 0.473. The van der Waals surface area contributed by atoms with E-state index in [1.807, 2.05) is 35.0 Å². The van der Waals surface area contributed by atoms with Crippen LogP contribution in [0.3, 0.4) is 0 Å². The van der Waals surface area contributed by atoms with Gasteiger partial charge in [0.15, 0.2) is 0 Å². The Morgan fingerprint density at radius 2 is 2.00 bits per heavy atom. The van der Waals surface area contributed by atoms with Gasteiger partial charge < -0.3 is 9.67 Å². The lowest BCUT2D eigenvalue weighted by Crippen LogP contribution is -2.23. The highest BCUT2D eigenvalue weighted by molar-refractivity contribution is 5.67. The third-order valence-corrected chi connectivity index (χ3v) is 2.65. The maximum atomic E-state index is 9.74. The van der Waals surface area contributed by atoms with E-state index in [2.05, 4.69) is 5.10 Å². The van der Waals surface area contributed by atoms with Crippen molar-refractivity contribution in [1.29, 1.82) is 0 Å². The average Bonchev–Trinajstić information content (AvgIpc) is 2.76. The lowest BCUT2D eigenvalue weighted by atomic mass is 10.2. The largest absolute Gasteiger partial charge is 0.506 e. The van der Waals surface area contributed by atoms with Crippen molar-refractivity contribution in [2.75, 3.05) is 5.01 Å². The Balaban J connectivity index is 1.97. The minimum atomic E-state index is 0.250. The van der Waals surface area contributed by atoms with Gasteiger partial charge in [-0.3, -0.25) is 5.01 Å². The minimum absolute atomic E-state index is 0.250. The highest BCUT2D eigenvalue weighted by Gasteiger charge is 2.14. The lowest BCUT2D eigenvalue weighted by Gasteiger charge is -2.23. The summed E-state index contributed by atoms with van der Waals surface area (Å²) in [4.78, 5) is 0. The zero-order valence-corrected chi connectivity index (χ0v) is 8.61. The fraction of sp³-hybridized carbons (Fsp3) is 0.0833. The van der Waals surface area contributed by atoms with E-state index in [9.17, 15) is 5.11 Å². The molecule has 1 aliphatic rings. The van der Waals surface area contributed by atoms with Gasteiger partial charge in [-0.2, -0.15) is 5.10 Å². The summed E-state index contributed by atoms with van der Waals surface area (Å²) < 4.78 is 1.97. The number of nitrogens with zero attached hydrogens (tertiary/aromatic N) is 3. The minimum Gasteiger partial charge on any atom is -0.506 e. The van der Waals surface area contributed by atoms with E-state index in [1.165, 1.54) is 0 Å². The highest BCUT2D eigenvalue weighted by Crippen LogP contribution is 2.28. The summed E-state index contributed by atoms with van der Waals surface area (Å²) in [5.41, 5.74) is 1.88. The van der Waals surface area contributed by atoms with Gasteiger partial charge in [0, 0.05) is 11.9 Å². The number of para-hydroxylation sites is 2. The Labute approximate surface area is 93.1 Å². The number of phenolic OH excluding ortho intramolecular Hbond substituents is 1. The van der Waals surface area contributed by atoms with Crippen LogP contribution in [0, 0.1) is 0 Å². The van der Waals surface area contributed by atoms with E-state index in [4.69, 9.17) is 0 Å². The SMILES string of the molecule is Oc1ccccc1N1Cc2cccn2C=N1. The molecular formula is C12H11N3O. The van der Waals surface area contributed by atoms with Gasteiger partial charge in [-0.25, -0.2) is 0 Å². The second-order valence-electron chi connectivity index (χ2n) is 3.68. The second-order valence-corrected chi connectivity index (χ2v) is 3.68. The summed E-state index contributed by atoms with van der Waals surface area (Å²) in [5, 5.41) is 15.8. The normalized spacial score (nSPS) is 13.9. The van der Waals surface area contributed by atoms with Crippen molar-refractivity contribution in [1.82, 2.24) is 4.57 Å². The van der Waals surface area contributed by atoms with Gasteiger partial charge in [0.2, 0.25) is 0 Å². The standard InChI is InChI=1S/C12H11N3O/c16-12-6-2-1-5-11(12)15-8-10-4-3-7-14(10)9-13-15/h1-7,9,16H,8H2. The smallest absolute Gasteiger partial charge is 0.140 e. The molecule has 0 aliphatic carbocycles. The Bertz CT molecular complexity index is 545. The molecule has 3 rings (SSSR count). The fourth-order valence-corrected chi connectivity index (χ4v) is 1.82. The van der Waals surface area contributed by atoms with E-state index < -0.39 is 0 Å². The Hall–Kier alpha value is -2.23. The van der Waals surface area contributed by atoms with E-state index >= 15 is 0 Å². The van der Waals surface area contributed by atoms with Crippen LogP contribution in [-0.4, -0.2) is 16.0 Å². The molecule has 1 N–H and O–H groups in total. The number of fused-ring (bicyclic) bond motifs is 1. The fourth-order valence-electron chi connectivity index (χ4n) is 1.82. The van der Waals surface area contributed by atoms with Gasteiger partial charge in [-0.1, -0.05) is 12.1 Å². The predicted molar refractivity (Wildman–Crippen MR) is 62.6 cm³/mol. The summed E-state index contributed by atoms with van der Waals surface area (Å²) >= 11 is 0. The van der Waals surface area contributed by atoms with Crippen LogP contribution in [0.5, 0.6) is 5.75 Å². The molecule has 16 heavy (non-hydrogen) atoms. The summed E-state index contributed by atoms with van der Waals surface area (Å²) in [5.74, 6) is 0.250. The first-order valence-corrected chi connectivity index (χ1v) is 5.10. The predicted octanol–water partition coefficient (Wildman–Crippen LogP) is 2.01. The molecule has 0 unspecified atom stereocenters. The van der Waals surface area contributed by atoms with Crippen molar-refractivity contribution in [3.63, 3.8) is 0 Å². The topological polar surface area (TPSA) is 40.8 Å². The Morgan fingerprint density at radius 1 is 1.12 bits per heavy atom. The average molecular weight is 213 g/mol. The van der Waals surface area contributed by atoms with Crippen LogP contribution in [0.4, 0.5) is 5.69 Å². The Kier molecular flexibility index (Phi) is 1.93. The monoisotopic (exact) mass is 213 g/mol. The zero-order chi connectivity index (χ0) is 11.0. The number of benzene rings is 1. The summed E-state index contributed by atoms with van der Waals surface area (Å²) in [6, 6.07) is 11.2. The highest BCUT2D eigenvalue weighted by atomic mass is 16.3. The molecular weight excluding hydrogens is 202 g/mol. The molecule has 0 saturated heterocycles. The number of hydrazone groups is 1. The molecule has 0 atom stereocenters. The third-order valence-electron chi connectivity index (χ3n) is 2.65. The first kappa shape index (κ1) is 9.03. The van der Waals surface area contributed by atoms with E-state index in [1.54, 1.807) is 23.5 Å². The first-order chi connectivity index (χ1) is 7.84. The van der Waals surface area contributed by atoms with Crippen LogP contribution < -0.4 is 5.01 Å². The molecule has 2 aromatic rings. The van der Waals surface area contributed by atoms with Crippen LogP contribution in [0.2, 0.25) is 0 Å². The number of aromatic hydroxyl groups is 1. The maximum absolute atomic E-state index is 9.74. The molecule has 0 amide bonds. The number of hydrogen-bond acceptors (Lipinski definition) is 3. The number of rotatable bonds is 1. The second kappa shape index (κ2) is 3.41. The van der Waals surface area contributed by atoms with E-state index in [0.717, 1.165) is 11.4 Å². The van der Waals surface area contributed by atoms with Crippen molar-refractivity contribution < 1.29 is 5.11 Å². The van der Waals surface area contributed by atoms with E-state index in [0.29, 0.717) is 6.54 Å². The third kappa shape index (κ3) is 1.35. The first-order valence-electron chi connectivity index (χ1n) is 5.10. The maximum Gasteiger partial charge on any atom is 0.140 e. The van der Waals surface area contributed by atoms with Gasteiger partial charge in [0.25, 0.3) is 0 Å². The molecule has 1 aromatic heterocycles. The van der Waals surface area contributed by atoms with Crippen LogP contribution >= 0.6 is 0 Å². The van der Waals surface area contributed by atoms with Crippen LogP contribution in [0.25, 0.3) is 0 Å². The zero-order valence-electron chi connectivity index (χ0n) is 8.61. The van der Waals surface area contributed by atoms with Crippen molar-refractivity contribution in [3.8, 4) is 5.75 Å². The van der Waals surface area contributed by atoms with E-state index in [-0.39, 0.29) is 5.75 Å². The number of aromatic nitrogens is 1. The van der Waals surface area contributed by atoms with Crippen LogP contribution in [0.1, 0.15) is 5.69 Å². The molecule has 4 heteroatoms. The van der Waals surface area contributed by atoms with Gasteiger partial charge in [-0.15, -0.1) is 0 Å². The molecule has 0 fully saturated rings. The van der Waals surface area contributed by atoms with Crippen molar-refractivity contribution >= 4 is 12.0 Å². The molecule has 2 heterocycles. The number of hydrogen-bond donors (Lipinski definition) is 1. The van der Waals surface area contributed by atoms with Crippen LogP contribution in [0.15, 0.2) is 47.7 Å². The quantitative estimate of drug-likeness (QED) is 0.787. The Morgan fingerprint density at radius 3 is 2.88 bits per heavy atom. The summed E-state index contributed by atoms with van der Waals surface area (Å²) in [6.07, 6.45) is 3.70. The molecule has 4 nitrogen and oxygen atoms in total. The van der Waals surface area contributed by atoms with Crippen molar-refractivity contribution in [3.05, 3.63) is 48.3 Å². The molecule has 1 aliphatic heterocycles. The van der Waals surface area contributed by atoms with Crippen molar-refractivity contribution in [2.45, 2.75) is 6.54 Å². The van der Waals surface area contributed by atoms with Gasteiger partial charge in [0.05, 0.1) is 6.54 Å². The number of anilines is 1. The van der Waals surface area contributed by atoms with Gasteiger partial charge in [0.1, 0.15) is 17.8 Å². The molecule has 0 radical (unpaired) electrons. The van der Waals surface area contributed by atoms with Crippen LogP contribution in [-0.2, 0) is 6.54 Å². The molecule has 0 spiro atoms. The van der Waals surface area contributed by atoms with Gasteiger partial charge in [-0.05, 0) is 24.3 Å². The molecule has 0 bridgehead atoms. The van der Waals surface area contributed by atoms with Gasteiger partial charge >= 0.3 is 0 Å². The van der Waals surface area contributed by atoms with Crippen molar-refractivity contribution in [2.24, 2.45) is 5.10 Å². The molecule has 1 aromatic carbocycles. The number of phenols is 1. The molecule has 80 valence electrons. The summed E-state index contributed by atoms with van der Waals surface area (Å²) in [7, 11) is 0. The molecule has 0 saturated carbocycles. The summed E-state index contributed by atoms with van der Waals surface area (Å²) in [6.45, 7) is 0.668.